The quantitative estimate of drug-likeness (QED) is 0.793. The molecule has 0 amide bonds. The molecule has 0 atom stereocenters. The van der Waals surface area contributed by atoms with Gasteiger partial charge in [-0.1, -0.05) is 23.2 Å². The molecule has 0 spiro atoms. The number of aromatic nitrogens is 2. The molecule has 142 valence electrons. The van der Waals surface area contributed by atoms with Crippen LogP contribution in [0, 0.1) is 11.3 Å². The molecule has 27 heavy (non-hydrogen) atoms. The van der Waals surface area contributed by atoms with Gasteiger partial charge in [0.25, 0.3) is 0 Å². The molecule has 0 unspecified atom stereocenters. The van der Waals surface area contributed by atoms with Crippen molar-refractivity contribution in [2.75, 3.05) is 0 Å². The summed E-state index contributed by atoms with van der Waals surface area (Å²) in [4.78, 5) is 10.2. The second-order valence-corrected chi connectivity index (χ2v) is 6.75. The molecule has 0 radical (unpaired) electrons. The van der Waals surface area contributed by atoms with Crippen LogP contribution in [-0.2, 0) is 0 Å². The normalized spacial score (nSPS) is 18.6. The van der Waals surface area contributed by atoms with Crippen molar-refractivity contribution < 1.29 is 14.6 Å². The van der Waals surface area contributed by atoms with Gasteiger partial charge in [-0.05, 0) is 49.9 Å². The number of hydrogen-bond acceptors (Lipinski definition) is 6. The molecule has 1 heterocycles. The molecule has 3 rings (SSSR count). The number of benzene rings is 1. The first-order valence-electron chi connectivity index (χ1n) is 8.23. The summed E-state index contributed by atoms with van der Waals surface area (Å²) in [5, 5.41) is 24.4. The third kappa shape index (κ3) is 6.68. The maximum Gasteiger partial charge on any atom is 0.356 e. The van der Waals surface area contributed by atoms with Gasteiger partial charge in [0.05, 0.1) is 16.7 Å². The number of ether oxygens (including phenoxy) is 1. The van der Waals surface area contributed by atoms with Crippen LogP contribution in [0.25, 0.3) is 0 Å². The van der Waals surface area contributed by atoms with E-state index in [1.54, 1.807) is 18.2 Å². The molecule has 0 saturated heterocycles. The van der Waals surface area contributed by atoms with E-state index in [2.05, 4.69) is 10.2 Å². The van der Waals surface area contributed by atoms with Gasteiger partial charge in [-0.15, -0.1) is 10.2 Å². The molecule has 3 N–H and O–H groups in total. The van der Waals surface area contributed by atoms with Crippen molar-refractivity contribution in [3.8, 4) is 11.8 Å². The molecule has 1 aliphatic carbocycles. The van der Waals surface area contributed by atoms with E-state index in [9.17, 15) is 4.79 Å². The van der Waals surface area contributed by atoms with E-state index in [4.69, 9.17) is 44.0 Å². The van der Waals surface area contributed by atoms with Gasteiger partial charge in [0.2, 0.25) is 0 Å². The number of carboxylic acid groups (broad SMARTS) is 1. The number of halogens is 2. The highest BCUT2D eigenvalue weighted by Crippen LogP contribution is 2.26. The Bertz CT molecular complexity index is 816. The predicted molar refractivity (Wildman–Crippen MR) is 101 cm³/mol. The van der Waals surface area contributed by atoms with Gasteiger partial charge in [0, 0.05) is 12.1 Å². The molecular formula is C18H18Cl2N4O3. The van der Waals surface area contributed by atoms with Gasteiger partial charge in [-0.2, -0.15) is 5.26 Å². The van der Waals surface area contributed by atoms with Crippen LogP contribution >= 0.6 is 23.2 Å². The lowest BCUT2D eigenvalue weighted by molar-refractivity contribution is 0.0689. The third-order valence-corrected chi connectivity index (χ3v) is 4.45. The number of hydrogen-bond donors (Lipinski definition) is 2. The Kier molecular flexibility index (Phi) is 7.80. The topological polar surface area (TPSA) is 122 Å². The Morgan fingerprint density at radius 3 is 2.41 bits per heavy atom. The zero-order valence-electron chi connectivity index (χ0n) is 14.3. The molecule has 1 fully saturated rings. The van der Waals surface area contributed by atoms with E-state index >= 15 is 0 Å². The molecule has 1 aliphatic rings. The van der Waals surface area contributed by atoms with Crippen LogP contribution in [0.4, 0.5) is 0 Å². The van der Waals surface area contributed by atoms with Crippen molar-refractivity contribution in [1.82, 2.24) is 10.2 Å². The minimum atomic E-state index is -1.11. The van der Waals surface area contributed by atoms with Gasteiger partial charge in [-0.3, -0.25) is 0 Å². The van der Waals surface area contributed by atoms with Crippen molar-refractivity contribution in [2.24, 2.45) is 5.73 Å². The first-order valence-corrected chi connectivity index (χ1v) is 8.99. The molecule has 7 nitrogen and oxygen atoms in total. The standard InChI is InChI=1S/C13H15ClN2O.C5H3ClN2O2/c14-13-7-12(4-1-9(13)8-15)17-11-5-2-10(16)3-6-11;6-4-2-1-3(5(9)10)7-8-4/h1,4,7,10-11H,2-3,5-6,16H2;1-2H,(H,9,10)/t10-,11-;. The first kappa shape index (κ1) is 20.9. The van der Waals surface area contributed by atoms with Gasteiger partial charge in [0.15, 0.2) is 10.8 Å². The van der Waals surface area contributed by atoms with Crippen molar-refractivity contribution >= 4 is 29.2 Å². The molecule has 0 bridgehead atoms. The average Bonchev–Trinajstić information content (AvgIpc) is 2.65. The monoisotopic (exact) mass is 408 g/mol. The zero-order valence-corrected chi connectivity index (χ0v) is 15.8. The number of nitrogens with two attached hydrogens (primary N) is 1. The maximum atomic E-state index is 10.2. The molecule has 2 aromatic rings. The minimum Gasteiger partial charge on any atom is -0.490 e. The van der Waals surface area contributed by atoms with E-state index in [1.165, 1.54) is 12.1 Å². The summed E-state index contributed by atoms with van der Waals surface area (Å²) in [6.07, 6.45) is 4.21. The van der Waals surface area contributed by atoms with E-state index in [-0.39, 0.29) is 17.0 Å². The van der Waals surface area contributed by atoms with Crippen molar-refractivity contribution in [2.45, 2.75) is 37.8 Å². The fraction of sp³-hybridized carbons (Fsp3) is 0.333. The summed E-state index contributed by atoms with van der Waals surface area (Å²) in [7, 11) is 0. The average molecular weight is 409 g/mol. The SMILES string of the molecule is N#Cc1ccc(O[C@H]2CC[C@H](N)CC2)cc1Cl.O=C(O)c1ccc(Cl)nn1. The Hall–Kier alpha value is -2.40. The van der Waals surface area contributed by atoms with Gasteiger partial charge < -0.3 is 15.6 Å². The molecule has 1 aromatic carbocycles. The number of aromatic carboxylic acids is 1. The Balaban J connectivity index is 0.000000223. The largest absolute Gasteiger partial charge is 0.490 e. The number of carboxylic acids is 1. The van der Waals surface area contributed by atoms with Crippen LogP contribution in [0.2, 0.25) is 10.2 Å². The summed E-state index contributed by atoms with van der Waals surface area (Å²) < 4.78 is 5.83. The first-order chi connectivity index (χ1) is 12.9. The highest BCUT2D eigenvalue weighted by Gasteiger charge is 2.20. The van der Waals surface area contributed by atoms with Gasteiger partial charge in [-0.25, -0.2) is 4.79 Å². The van der Waals surface area contributed by atoms with Gasteiger partial charge in [0.1, 0.15) is 11.8 Å². The summed E-state index contributed by atoms with van der Waals surface area (Å²) in [6.45, 7) is 0. The Morgan fingerprint density at radius 2 is 1.89 bits per heavy atom. The van der Waals surface area contributed by atoms with Crippen LogP contribution in [0.1, 0.15) is 41.7 Å². The van der Waals surface area contributed by atoms with Crippen LogP contribution in [0.3, 0.4) is 0 Å². The van der Waals surface area contributed by atoms with E-state index < -0.39 is 5.97 Å². The molecule has 1 saturated carbocycles. The van der Waals surface area contributed by atoms with E-state index in [0.29, 0.717) is 16.6 Å². The molecule has 9 heteroatoms. The second kappa shape index (κ2) is 10.1. The summed E-state index contributed by atoms with van der Waals surface area (Å²) >= 11 is 11.3. The van der Waals surface area contributed by atoms with Crippen molar-refractivity contribution in [1.29, 1.82) is 5.26 Å². The number of rotatable bonds is 3. The summed E-state index contributed by atoms with van der Waals surface area (Å²) in [5.74, 6) is -0.376. The number of nitriles is 1. The lowest BCUT2D eigenvalue weighted by Crippen LogP contribution is -2.31. The third-order valence-electron chi connectivity index (χ3n) is 3.93. The maximum absolute atomic E-state index is 10.2. The fourth-order valence-electron chi connectivity index (χ4n) is 2.49. The fourth-order valence-corrected chi connectivity index (χ4v) is 2.80. The Morgan fingerprint density at radius 1 is 1.19 bits per heavy atom. The minimum absolute atomic E-state index is 0.107. The smallest absolute Gasteiger partial charge is 0.356 e. The van der Waals surface area contributed by atoms with Crippen LogP contribution in [0.15, 0.2) is 30.3 Å². The summed E-state index contributed by atoms with van der Waals surface area (Å²) in [6, 6.07) is 10.2. The van der Waals surface area contributed by atoms with Crippen LogP contribution in [-0.4, -0.2) is 33.4 Å². The van der Waals surface area contributed by atoms with E-state index in [1.807, 2.05) is 6.07 Å². The predicted octanol–water partition coefficient (Wildman–Crippen LogP) is 3.69. The summed E-state index contributed by atoms with van der Waals surface area (Å²) in [5.41, 5.74) is 6.21. The molecular weight excluding hydrogens is 391 g/mol. The lowest BCUT2D eigenvalue weighted by Gasteiger charge is -2.26. The van der Waals surface area contributed by atoms with Crippen molar-refractivity contribution in [3.05, 3.63) is 51.8 Å². The second-order valence-electron chi connectivity index (χ2n) is 5.95. The van der Waals surface area contributed by atoms with Crippen LogP contribution < -0.4 is 10.5 Å². The molecule has 0 aliphatic heterocycles. The highest BCUT2D eigenvalue weighted by atomic mass is 35.5. The van der Waals surface area contributed by atoms with Crippen molar-refractivity contribution in [3.63, 3.8) is 0 Å². The number of nitrogens with zero attached hydrogens (tertiary/aromatic N) is 3. The number of carbonyl (C=O) groups is 1. The lowest BCUT2D eigenvalue weighted by atomic mass is 9.94. The molecule has 1 aromatic heterocycles. The zero-order chi connectivity index (χ0) is 19.8. The highest BCUT2D eigenvalue weighted by molar-refractivity contribution is 6.31. The van der Waals surface area contributed by atoms with Crippen LogP contribution in [0.5, 0.6) is 5.75 Å². The Labute approximate surface area is 166 Å². The van der Waals surface area contributed by atoms with Gasteiger partial charge >= 0.3 is 5.97 Å². The van der Waals surface area contributed by atoms with E-state index in [0.717, 1.165) is 31.4 Å².